The number of nitrogens with one attached hydrogen (secondary N) is 3. The second kappa shape index (κ2) is 27.6. The first-order chi connectivity index (χ1) is 29.3. The van der Waals surface area contributed by atoms with Crippen LogP contribution >= 0.6 is 12.0 Å². The molecule has 0 radical (unpaired) electrons. The van der Waals surface area contributed by atoms with E-state index >= 15 is 0 Å². The van der Waals surface area contributed by atoms with E-state index in [0.717, 1.165) is 18.2 Å². The fourth-order valence-electron chi connectivity index (χ4n) is 4.67. The van der Waals surface area contributed by atoms with Gasteiger partial charge < -0.3 is 45.7 Å². The Morgan fingerprint density at radius 2 is 1.50 bits per heavy atom. The summed E-state index contributed by atoms with van der Waals surface area (Å²) in [5.74, 6) is -4.58. The number of carbonyl (C=O) groups is 1. The van der Waals surface area contributed by atoms with E-state index < -0.39 is 82.6 Å². The summed E-state index contributed by atoms with van der Waals surface area (Å²) in [4.78, 5) is 22.9. The number of azo groups is 1. The molecule has 5 aromatic rings. The van der Waals surface area contributed by atoms with E-state index in [9.17, 15) is 59.9 Å². The molecular formula is C32H23CuN11Na3O15S4. The minimum atomic E-state index is -5.27. The minimum Gasteiger partial charge on any atom is -0.744 e. The molecule has 0 saturated heterocycles. The number of phenols is 1. The monoisotopic (exact) mass is 1060 g/mol. The van der Waals surface area contributed by atoms with Gasteiger partial charge in [-0.2, -0.15) is 24.5 Å². The van der Waals surface area contributed by atoms with Crippen LogP contribution in [0.1, 0.15) is 15.9 Å². The molecule has 4 aromatic carbocycles. The molecule has 66 heavy (non-hydrogen) atoms. The smallest absolute Gasteiger partial charge is 0.744 e. The van der Waals surface area contributed by atoms with Crippen molar-refractivity contribution in [1.29, 1.82) is 5.26 Å². The third kappa shape index (κ3) is 18.3. The number of amidine groups is 1. The standard InChI is InChI=1S/C32H27N11O15S4.Cu.3Na/c33-17-34-30-37-31(35-19-6-9-21(10-7-19)60(48,49)13-12-56-62(53,54)55)39-32(38-30)36-25-15-22(61(50,51)52)16-26(27(25)44)41-43-28(18-4-2-1-3-5-18)42-40-24-14-20(59-58-57-47)8-11-23(24)29(45)46;;;;/h1-11,14-16H,12-13H2,(H9,34,35,36,37,38,39,40,41,42,43,44,45,46,47,50,51,52,53,54,55);;;;/q;4*+1/p-4. The summed E-state index contributed by atoms with van der Waals surface area (Å²) in [5, 5.41) is 63.0. The molecule has 0 saturated carbocycles. The normalized spacial score (nSPS) is 11.4. The Balaban J connectivity index is 0.00000544. The summed E-state index contributed by atoms with van der Waals surface area (Å²) >= 11 is 0.446. The molecule has 0 unspecified atom stereocenters. The number of sulfone groups is 1. The third-order valence-corrected chi connectivity index (χ3v) is 10.9. The van der Waals surface area contributed by atoms with Crippen molar-refractivity contribution in [2.45, 2.75) is 14.7 Å². The Bertz CT molecular complexity index is 2930. The predicted octanol–water partition coefficient (Wildman–Crippen LogP) is -5.80. The molecule has 0 aliphatic heterocycles. The van der Waals surface area contributed by atoms with Crippen LogP contribution in [0.4, 0.5) is 40.6 Å². The number of hydrogen-bond donors (Lipinski definition) is 5. The predicted molar refractivity (Wildman–Crippen MR) is 208 cm³/mol. The number of benzene rings is 4. The number of anilines is 5. The van der Waals surface area contributed by atoms with E-state index in [-0.39, 0.29) is 150 Å². The Labute approximate surface area is 455 Å². The zero-order valence-corrected chi connectivity index (χ0v) is 43.9. The summed E-state index contributed by atoms with van der Waals surface area (Å²) in [7, 11) is -14.5. The Kier molecular flexibility index (Phi) is 25.3. The fourth-order valence-corrected chi connectivity index (χ4v) is 7.06. The van der Waals surface area contributed by atoms with Gasteiger partial charge in [-0.3, -0.25) is 14.5 Å². The van der Waals surface area contributed by atoms with E-state index in [2.05, 4.69) is 65.2 Å². The Morgan fingerprint density at radius 3 is 2.09 bits per heavy atom. The molecule has 0 atom stereocenters. The molecule has 1 aromatic heterocycles. The van der Waals surface area contributed by atoms with Crippen molar-refractivity contribution in [3.05, 3.63) is 101 Å². The molecular weight excluding hydrogens is 1040 g/mol. The van der Waals surface area contributed by atoms with E-state index in [1.807, 2.05) is 0 Å². The minimum absolute atomic E-state index is 0. The number of hydrogen-bond acceptors (Lipinski definition) is 24. The summed E-state index contributed by atoms with van der Waals surface area (Å²) < 4.78 is 102. The summed E-state index contributed by atoms with van der Waals surface area (Å²) in [6, 6.07) is 17.6. The average Bonchev–Trinajstić information content (AvgIpc) is 3.20. The van der Waals surface area contributed by atoms with Gasteiger partial charge in [0, 0.05) is 21.7 Å². The second-order valence-electron chi connectivity index (χ2n) is 11.5. The molecule has 0 aliphatic rings. The quantitative estimate of drug-likeness (QED) is 0.00418. The SMILES string of the molecule is N#CNc1nc(Nc2ccc(S(=O)(=O)CCOS(=O)(=O)[O-])cc2)nc(Nc2cc(S(=O)(=O)[O-])cc(N=N/C(=N\[N-]c3cc(SOO[O-])ccc3C(=O)O)c3ccccc3)c2O)n1.[Cu+].[Na+].[Na+].[Na+]. The van der Waals surface area contributed by atoms with E-state index in [1.54, 1.807) is 24.4 Å². The van der Waals surface area contributed by atoms with Crippen LogP contribution in [0.15, 0.2) is 115 Å². The molecule has 0 amide bonds. The van der Waals surface area contributed by atoms with Crippen molar-refractivity contribution < 1.29 is 174 Å². The first-order valence-corrected chi connectivity index (χ1v) is 21.5. The molecule has 5 N–H and O–H groups in total. The molecule has 0 bridgehead atoms. The van der Waals surface area contributed by atoms with Gasteiger partial charge in [0.05, 0.1) is 39.9 Å². The zero-order chi connectivity index (χ0) is 45.1. The number of carboxylic acids is 1. The Morgan fingerprint density at radius 1 is 0.864 bits per heavy atom. The van der Waals surface area contributed by atoms with Crippen LogP contribution in [0.25, 0.3) is 5.43 Å². The van der Waals surface area contributed by atoms with Crippen LogP contribution in [-0.2, 0) is 61.0 Å². The number of aromatic nitrogens is 3. The molecule has 34 heteroatoms. The summed E-state index contributed by atoms with van der Waals surface area (Å²) in [6.07, 6.45) is 1.59. The maximum absolute atomic E-state index is 12.5. The van der Waals surface area contributed by atoms with Gasteiger partial charge in [-0.25, -0.2) is 30.0 Å². The van der Waals surface area contributed by atoms with Gasteiger partial charge in [-0.05, 0) is 48.5 Å². The van der Waals surface area contributed by atoms with Gasteiger partial charge in [0.25, 0.3) is 0 Å². The number of rotatable bonds is 19. The molecule has 0 spiro atoms. The molecule has 0 fully saturated rings. The number of phenolic OH excluding ortho intramolecular Hbond substituents is 1. The van der Waals surface area contributed by atoms with Crippen molar-refractivity contribution >= 4 is 94.8 Å². The van der Waals surface area contributed by atoms with Crippen molar-refractivity contribution in [3.8, 4) is 11.9 Å². The maximum Gasteiger partial charge on any atom is 1.00 e. The number of aromatic hydroxyl groups is 1. The molecule has 1 heterocycles. The average molecular weight is 1060 g/mol. The first-order valence-electron chi connectivity index (χ1n) is 16.3. The van der Waals surface area contributed by atoms with Crippen LogP contribution in [-0.4, -0.2) is 83.7 Å². The van der Waals surface area contributed by atoms with Gasteiger partial charge in [-0.1, -0.05) is 36.4 Å². The molecule has 26 nitrogen and oxygen atoms in total. The van der Waals surface area contributed by atoms with Gasteiger partial charge in [0.2, 0.25) is 28.2 Å². The molecule has 0 aliphatic carbocycles. The van der Waals surface area contributed by atoms with Gasteiger partial charge >= 0.3 is 112 Å². The van der Waals surface area contributed by atoms with Crippen molar-refractivity contribution in [2.75, 3.05) is 28.3 Å². The van der Waals surface area contributed by atoms with E-state index in [4.69, 9.17) is 0 Å². The van der Waals surface area contributed by atoms with E-state index in [0.29, 0.717) is 24.2 Å². The van der Waals surface area contributed by atoms with Crippen molar-refractivity contribution in [3.63, 3.8) is 0 Å². The van der Waals surface area contributed by atoms with Crippen LogP contribution in [0.2, 0.25) is 0 Å². The van der Waals surface area contributed by atoms with Gasteiger partial charge in [0.15, 0.2) is 27.6 Å². The zero-order valence-electron chi connectivity index (χ0n) is 33.7. The second-order valence-corrected chi connectivity index (χ2v) is 16.8. The fraction of sp³-hybridized carbons (Fsp3) is 0.0625. The number of aromatic carboxylic acids is 1. The maximum atomic E-state index is 12.5. The van der Waals surface area contributed by atoms with Crippen LogP contribution in [0.5, 0.6) is 5.75 Å². The van der Waals surface area contributed by atoms with Crippen LogP contribution in [0, 0.1) is 11.5 Å². The van der Waals surface area contributed by atoms with Crippen molar-refractivity contribution in [1.82, 2.24) is 15.0 Å². The van der Waals surface area contributed by atoms with Crippen LogP contribution < -0.4 is 110 Å². The number of nitriles is 1. The van der Waals surface area contributed by atoms with Crippen LogP contribution in [0.3, 0.4) is 0 Å². The summed E-state index contributed by atoms with van der Waals surface area (Å²) in [5.41, 5.74) is 2.61. The third-order valence-electron chi connectivity index (χ3n) is 7.35. The Hall–Kier alpha value is -3.40. The number of nitrogens with zero attached hydrogens (tertiary/aromatic N) is 8. The first kappa shape index (κ1) is 60.6. The topological polar surface area (TPSA) is 407 Å². The largest absolute Gasteiger partial charge is 1.00 e. The molecule has 5 rings (SSSR count). The number of carboxylic acid groups (broad SMARTS) is 1. The van der Waals surface area contributed by atoms with Crippen molar-refractivity contribution in [2.24, 2.45) is 15.3 Å². The van der Waals surface area contributed by atoms with E-state index in [1.165, 1.54) is 36.4 Å². The van der Waals surface area contributed by atoms with Gasteiger partial charge in [0.1, 0.15) is 15.8 Å². The summed E-state index contributed by atoms with van der Waals surface area (Å²) in [6.45, 7) is -0.919. The van der Waals surface area contributed by atoms with Gasteiger partial charge in [-0.15, -0.1) is 15.9 Å². The molecule has 334 valence electrons.